The van der Waals surface area contributed by atoms with Gasteiger partial charge in [-0.2, -0.15) is 0 Å². The van der Waals surface area contributed by atoms with Gasteiger partial charge in [0.1, 0.15) is 5.69 Å². The van der Waals surface area contributed by atoms with E-state index in [-0.39, 0.29) is 12.4 Å². The van der Waals surface area contributed by atoms with E-state index in [2.05, 4.69) is 117 Å². The highest BCUT2D eigenvalue weighted by Crippen LogP contribution is 2.41. The number of hydrogen-bond acceptors (Lipinski definition) is 6. The maximum absolute atomic E-state index is 6.74. The number of hydrogen-bond donors (Lipinski definition) is 2. The molecular formula is C46H36ClN6O2+. The van der Waals surface area contributed by atoms with E-state index >= 15 is 0 Å². The molecule has 0 saturated carbocycles. The van der Waals surface area contributed by atoms with Gasteiger partial charge >= 0.3 is 22.3 Å². The Morgan fingerprint density at radius 1 is 0.455 bits per heavy atom. The lowest BCUT2D eigenvalue weighted by molar-refractivity contribution is -0.0000114. The fraction of sp³-hybridized carbons (Fsp3) is 0.0870. The lowest BCUT2D eigenvalue weighted by Crippen LogP contribution is -3.00. The first kappa shape index (κ1) is 34.0. The summed E-state index contributed by atoms with van der Waals surface area (Å²) in [5, 5.41) is 13.9. The second-order valence-corrected chi connectivity index (χ2v) is 14.1. The molecule has 2 aromatic heterocycles. The predicted molar refractivity (Wildman–Crippen MR) is 226 cm³/mol. The highest BCUT2D eigenvalue weighted by atomic mass is 35.5. The van der Waals surface area contributed by atoms with Gasteiger partial charge in [-0.3, -0.25) is 0 Å². The van der Waals surface area contributed by atoms with Crippen LogP contribution in [0.2, 0.25) is 0 Å². The molecule has 0 amide bonds. The first-order chi connectivity index (χ1) is 26.4. The first-order valence-electron chi connectivity index (χ1n) is 18.0. The van der Waals surface area contributed by atoms with Crippen molar-refractivity contribution in [2.24, 2.45) is 0 Å². The zero-order chi connectivity index (χ0) is 36.5. The van der Waals surface area contributed by atoms with E-state index in [9.17, 15) is 0 Å². The number of fused-ring (bicyclic) bond motifs is 9. The molecule has 0 aliphatic carbocycles. The van der Waals surface area contributed by atoms with Gasteiger partial charge in [0.15, 0.2) is 22.1 Å². The Labute approximate surface area is 323 Å². The summed E-state index contributed by atoms with van der Waals surface area (Å²) in [7, 11) is 8.10. The van der Waals surface area contributed by atoms with Gasteiger partial charge < -0.3 is 32.8 Å². The van der Waals surface area contributed by atoms with Gasteiger partial charge in [0.2, 0.25) is 0 Å². The van der Waals surface area contributed by atoms with Gasteiger partial charge in [-0.1, -0.05) is 72.8 Å². The Balaban J connectivity index is 0.00000397. The van der Waals surface area contributed by atoms with Crippen LogP contribution in [0, 0.1) is 0 Å². The van der Waals surface area contributed by atoms with Crippen molar-refractivity contribution in [3.63, 3.8) is 0 Å². The molecule has 0 bridgehead atoms. The van der Waals surface area contributed by atoms with Crippen LogP contribution >= 0.6 is 0 Å². The molecule has 55 heavy (non-hydrogen) atoms. The molecule has 0 saturated heterocycles. The van der Waals surface area contributed by atoms with E-state index in [4.69, 9.17) is 18.8 Å². The molecule has 10 aromatic rings. The van der Waals surface area contributed by atoms with Crippen LogP contribution in [0.3, 0.4) is 0 Å². The molecule has 0 unspecified atom stereocenters. The van der Waals surface area contributed by atoms with Crippen LogP contribution in [-0.2, 0) is 0 Å². The van der Waals surface area contributed by atoms with Gasteiger partial charge in [0, 0.05) is 72.5 Å². The summed E-state index contributed by atoms with van der Waals surface area (Å²) in [5.41, 5.74) is 11.9. The normalized spacial score (nSPS) is 11.5. The van der Waals surface area contributed by atoms with Crippen molar-refractivity contribution in [1.29, 1.82) is 0 Å². The Bertz CT molecular complexity index is 3140. The molecule has 10 rings (SSSR count). The Morgan fingerprint density at radius 3 is 1.69 bits per heavy atom. The van der Waals surface area contributed by atoms with Gasteiger partial charge in [-0.15, -0.1) is 0 Å². The van der Waals surface area contributed by atoms with Crippen LogP contribution in [-0.4, -0.2) is 38.2 Å². The molecule has 2 N–H and O–H groups in total. The van der Waals surface area contributed by atoms with Crippen LogP contribution in [0.15, 0.2) is 142 Å². The summed E-state index contributed by atoms with van der Waals surface area (Å²) >= 11 is 0. The Morgan fingerprint density at radius 2 is 1.02 bits per heavy atom. The summed E-state index contributed by atoms with van der Waals surface area (Å²) in [6.45, 7) is 0. The van der Waals surface area contributed by atoms with E-state index in [1.165, 1.54) is 0 Å². The number of rotatable bonds is 6. The molecule has 0 fully saturated rings. The minimum atomic E-state index is 0. The van der Waals surface area contributed by atoms with Crippen molar-refractivity contribution in [1.82, 2.24) is 9.97 Å². The molecule has 0 aliphatic rings. The predicted octanol–water partition coefficient (Wildman–Crippen LogP) is 8.92. The number of anilines is 6. The van der Waals surface area contributed by atoms with E-state index < -0.39 is 0 Å². The average Bonchev–Trinajstić information content (AvgIpc) is 3.19. The Hall–Kier alpha value is -6.77. The number of halogens is 1. The maximum atomic E-state index is 6.74. The number of aromatic nitrogens is 2. The van der Waals surface area contributed by atoms with Crippen molar-refractivity contribution in [3.8, 4) is 0 Å². The fourth-order valence-corrected chi connectivity index (χ4v) is 7.47. The first-order valence-corrected chi connectivity index (χ1v) is 18.0. The van der Waals surface area contributed by atoms with Gasteiger partial charge in [0.25, 0.3) is 0 Å². The number of benzene rings is 8. The van der Waals surface area contributed by atoms with Crippen LogP contribution < -0.4 is 32.8 Å². The smallest absolute Gasteiger partial charge is 0.402 e. The van der Waals surface area contributed by atoms with Crippen LogP contribution in [0.5, 0.6) is 0 Å². The van der Waals surface area contributed by atoms with E-state index in [1.54, 1.807) is 0 Å². The van der Waals surface area contributed by atoms with E-state index in [0.717, 1.165) is 99.7 Å². The van der Waals surface area contributed by atoms with Gasteiger partial charge in [-0.25, -0.2) is 18.8 Å². The molecule has 9 heteroatoms. The molecule has 8 nitrogen and oxygen atoms in total. The second kappa shape index (κ2) is 13.3. The van der Waals surface area contributed by atoms with Crippen LogP contribution in [0.4, 0.5) is 34.1 Å². The molecule has 268 valence electrons. The standard InChI is InChI=1S/C46H36N6O2.ClH/c1-51(2)29-19-21-34-40(24-29)53-42-26-38(32-15-7-8-16-33(32)44(42)49-34)47-36-17-9-12-27-13-10-18-37(43(27)36)48-39-23-28-11-5-6-14-31(28)45-46(39)54-41-25-30(52(3)4)20-22-35(41)50-45;/h5-26,47-48H,1-4H3;1H/q+2;/p-1. The third-order valence-corrected chi connectivity index (χ3v) is 10.2. The summed E-state index contributed by atoms with van der Waals surface area (Å²) in [6.07, 6.45) is 0. The van der Waals surface area contributed by atoms with Crippen molar-refractivity contribution >= 4 is 111 Å². The van der Waals surface area contributed by atoms with Crippen LogP contribution in [0.25, 0.3) is 76.7 Å². The molecule has 8 aromatic carbocycles. The molecule has 0 aliphatic heterocycles. The molecule has 0 spiro atoms. The molecular weight excluding hydrogens is 704 g/mol. The quantitative estimate of drug-likeness (QED) is 0.0995. The van der Waals surface area contributed by atoms with Gasteiger partial charge in [-0.05, 0) is 53.2 Å². The average molecular weight is 740 g/mol. The summed E-state index contributed by atoms with van der Waals surface area (Å²) < 4.78 is 13.3. The molecule has 2 heterocycles. The summed E-state index contributed by atoms with van der Waals surface area (Å²) in [4.78, 5) is 14.4. The topological polar surface area (TPSA) is 78.9 Å². The van der Waals surface area contributed by atoms with Crippen molar-refractivity contribution in [3.05, 3.63) is 133 Å². The number of nitrogens with one attached hydrogen (secondary N) is 2. The lowest BCUT2D eigenvalue weighted by Gasteiger charge is -2.16. The fourth-order valence-electron chi connectivity index (χ4n) is 7.47. The maximum Gasteiger partial charge on any atom is 0.402 e. The lowest BCUT2D eigenvalue weighted by atomic mass is 10.0. The minimum absolute atomic E-state index is 0. The zero-order valence-corrected chi connectivity index (χ0v) is 31.4. The third kappa shape index (κ3) is 5.79. The summed E-state index contributed by atoms with van der Waals surface area (Å²) in [5.74, 6) is 0. The third-order valence-electron chi connectivity index (χ3n) is 10.2. The van der Waals surface area contributed by atoms with E-state index in [1.807, 2.05) is 64.6 Å². The Kier molecular flexibility index (Phi) is 8.21. The number of nitrogens with zero attached hydrogens (tertiary/aromatic N) is 4. The van der Waals surface area contributed by atoms with Crippen molar-refractivity contribution < 1.29 is 21.2 Å². The zero-order valence-electron chi connectivity index (χ0n) is 30.7. The monoisotopic (exact) mass is 739 g/mol. The highest BCUT2D eigenvalue weighted by molar-refractivity contribution is 6.15. The van der Waals surface area contributed by atoms with Crippen molar-refractivity contribution in [2.75, 3.05) is 48.6 Å². The van der Waals surface area contributed by atoms with Crippen molar-refractivity contribution in [2.45, 2.75) is 0 Å². The highest BCUT2D eigenvalue weighted by Gasteiger charge is 2.24. The summed E-state index contributed by atoms with van der Waals surface area (Å²) in [6, 6.07) is 45.8. The minimum Gasteiger partial charge on any atom is -1.00 e. The van der Waals surface area contributed by atoms with Crippen LogP contribution in [0.1, 0.15) is 0 Å². The molecule has 0 radical (unpaired) electrons. The molecule has 0 atom stereocenters. The second-order valence-electron chi connectivity index (χ2n) is 14.1. The van der Waals surface area contributed by atoms with E-state index in [0.29, 0.717) is 11.2 Å². The largest absolute Gasteiger partial charge is 1.00 e. The van der Waals surface area contributed by atoms with Gasteiger partial charge in [0.05, 0.1) is 23.9 Å². The SMILES string of the molecule is CN(C)c1ccc2nc3c(cc(Nc4cccc5cccc(Nc6cc7ccccc7c7nc8ccc(N(C)C)cc8[o+]c67)c45)c4ccccc43)[o+]c2c1.[Cl-].